The van der Waals surface area contributed by atoms with Crippen LogP contribution in [0, 0.1) is 5.92 Å². The van der Waals surface area contributed by atoms with Crippen molar-refractivity contribution >= 4 is 11.7 Å². The number of nitrogens with one attached hydrogen (secondary N) is 1. The van der Waals surface area contributed by atoms with Crippen LogP contribution in [0.1, 0.15) is 87.3 Å². The predicted octanol–water partition coefficient (Wildman–Crippen LogP) is 8.26. The molecule has 0 spiro atoms. The van der Waals surface area contributed by atoms with E-state index < -0.39 is 11.7 Å². The first-order chi connectivity index (χ1) is 14.5. The summed E-state index contributed by atoms with van der Waals surface area (Å²) >= 11 is 0. The van der Waals surface area contributed by atoms with E-state index in [4.69, 9.17) is 9.47 Å². The fourth-order valence-electron chi connectivity index (χ4n) is 2.52. The molecule has 1 aromatic rings. The minimum Gasteiger partial charge on any atom is -0.469 e. The largest absolute Gasteiger partial charge is 0.469 e. The first kappa shape index (κ1) is 30.7. The number of ether oxygens (including phenoxy) is 2. The van der Waals surface area contributed by atoms with Gasteiger partial charge in [0.25, 0.3) is 0 Å². The third-order valence-corrected chi connectivity index (χ3v) is 3.51. The van der Waals surface area contributed by atoms with Crippen LogP contribution in [-0.2, 0) is 16.0 Å². The van der Waals surface area contributed by atoms with Crippen LogP contribution < -0.4 is 5.32 Å². The maximum atomic E-state index is 11.9. The third kappa shape index (κ3) is 13.4. The van der Waals surface area contributed by atoms with Gasteiger partial charge < -0.3 is 14.8 Å². The number of hydrogen-bond acceptors (Lipinski definition) is 3. The Hall–Kier alpha value is -2.49. The van der Waals surface area contributed by atoms with Gasteiger partial charge in [0.05, 0.1) is 6.26 Å². The third-order valence-electron chi connectivity index (χ3n) is 3.51. The molecular formula is C27H45NO3. The van der Waals surface area contributed by atoms with Gasteiger partial charge >= 0.3 is 6.09 Å². The number of benzene rings is 1. The Balaban J connectivity index is 0. The first-order valence-corrected chi connectivity index (χ1v) is 11.3. The molecule has 4 heteroatoms. The molecule has 0 radical (unpaired) electrons. The number of allylic oxidation sites excluding steroid dienone is 4. The maximum absolute atomic E-state index is 11.9. The van der Waals surface area contributed by atoms with Crippen molar-refractivity contribution in [2.45, 2.75) is 88.3 Å². The summed E-state index contributed by atoms with van der Waals surface area (Å²) in [5.74, 6) is 1.07. The smallest absolute Gasteiger partial charge is 0.407 e. The van der Waals surface area contributed by atoms with Gasteiger partial charge in [-0.2, -0.15) is 0 Å². The zero-order valence-corrected chi connectivity index (χ0v) is 21.7. The number of hydrogen-bond donors (Lipinski definition) is 1. The molecule has 31 heavy (non-hydrogen) atoms. The van der Waals surface area contributed by atoms with Crippen LogP contribution in [0.25, 0.3) is 5.57 Å². The van der Waals surface area contributed by atoms with Gasteiger partial charge in [0.2, 0.25) is 0 Å². The summed E-state index contributed by atoms with van der Waals surface area (Å²) in [7, 11) is 0. The number of carbonyl (C=O) groups excluding carboxylic acids is 1. The van der Waals surface area contributed by atoms with Gasteiger partial charge in [0, 0.05) is 18.0 Å². The highest BCUT2D eigenvalue weighted by Gasteiger charge is 2.16. The fourth-order valence-corrected chi connectivity index (χ4v) is 2.52. The van der Waals surface area contributed by atoms with Gasteiger partial charge in [-0.15, -0.1) is 0 Å². The van der Waals surface area contributed by atoms with Crippen molar-refractivity contribution in [2.24, 2.45) is 5.92 Å². The topological polar surface area (TPSA) is 47.6 Å². The molecule has 0 saturated carbocycles. The zero-order valence-electron chi connectivity index (χ0n) is 21.7. The lowest BCUT2D eigenvalue weighted by atomic mass is 9.96. The molecule has 0 aliphatic rings. The molecule has 0 aliphatic heterocycles. The second-order valence-corrected chi connectivity index (χ2v) is 7.99. The molecule has 0 atom stereocenters. The van der Waals surface area contributed by atoms with Gasteiger partial charge in [-0.1, -0.05) is 78.0 Å². The summed E-state index contributed by atoms with van der Waals surface area (Å²) in [6.45, 7) is 25.9. The molecule has 4 nitrogen and oxygen atoms in total. The highest BCUT2D eigenvalue weighted by atomic mass is 16.6. The number of rotatable bonds is 7. The number of alkyl carbamates (subject to hydrolysis) is 1. The Kier molecular flexibility index (Phi) is 16.1. The predicted molar refractivity (Wildman–Crippen MR) is 135 cm³/mol. The van der Waals surface area contributed by atoms with Crippen molar-refractivity contribution in [2.75, 3.05) is 0 Å². The van der Waals surface area contributed by atoms with Crippen molar-refractivity contribution in [3.8, 4) is 0 Å². The van der Waals surface area contributed by atoms with Gasteiger partial charge in [-0.25, -0.2) is 4.79 Å². The monoisotopic (exact) mass is 431 g/mol. The Morgan fingerprint density at radius 3 is 2.16 bits per heavy atom. The van der Waals surface area contributed by atoms with Crippen molar-refractivity contribution in [1.29, 1.82) is 0 Å². The van der Waals surface area contributed by atoms with Crippen molar-refractivity contribution in [3.63, 3.8) is 0 Å². The van der Waals surface area contributed by atoms with E-state index in [1.165, 1.54) is 11.8 Å². The molecule has 0 heterocycles. The standard InChI is InChI=1S/C23H33NO3.2C2H6/c1-9-26-21(17(4)5)20(13-16(2)3)19-12-10-11-18(14-19)15-24-22(25)27-23(6,7)8;2*1-2/h9-14,17H,1,15H2,2-8H3,(H,24,25);2*1-2H3/b21-20-;;. The van der Waals surface area contributed by atoms with Crippen LogP contribution in [0.3, 0.4) is 0 Å². The molecule has 0 aromatic heterocycles. The summed E-state index contributed by atoms with van der Waals surface area (Å²) in [6.07, 6.45) is 3.15. The van der Waals surface area contributed by atoms with Crippen LogP contribution in [0.2, 0.25) is 0 Å². The van der Waals surface area contributed by atoms with Crippen molar-refractivity contribution in [1.82, 2.24) is 5.32 Å². The normalized spacial score (nSPS) is 11.0. The molecule has 0 aliphatic carbocycles. The summed E-state index contributed by atoms with van der Waals surface area (Å²) in [6, 6.07) is 8.05. The molecule has 1 N–H and O–H groups in total. The van der Waals surface area contributed by atoms with E-state index in [0.29, 0.717) is 6.54 Å². The average molecular weight is 432 g/mol. The molecule has 1 amide bonds. The van der Waals surface area contributed by atoms with Crippen LogP contribution in [0.15, 0.2) is 54.5 Å². The Bertz CT molecular complexity index is 718. The van der Waals surface area contributed by atoms with E-state index in [9.17, 15) is 4.79 Å². The zero-order chi connectivity index (χ0) is 24.6. The second-order valence-electron chi connectivity index (χ2n) is 7.99. The highest BCUT2D eigenvalue weighted by molar-refractivity contribution is 5.77. The molecule has 1 aromatic carbocycles. The second kappa shape index (κ2) is 16.2. The maximum Gasteiger partial charge on any atom is 0.407 e. The van der Waals surface area contributed by atoms with Crippen LogP contribution in [0.5, 0.6) is 0 Å². The lowest BCUT2D eigenvalue weighted by Crippen LogP contribution is -2.32. The molecule has 176 valence electrons. The van der Waals surface area contributed by atoms with Gasteiger partial charge in [-0.3, -0.25) is 0 Å². The molecule has 0 fully saturated rings. The summed E-state index contributed by atoms with van der Waals surface area (Å²) in [5.41, 5.74) is 3.70. The SMILES string of the molecule is C=CO/C(=C(/C=C(C)C)c1cccc(CNC(=O)OC(C)(C)C)c1)C(C)C.CC.CC. The highest BCUT2D eigenvalue weighted by Crippen LogP contribution is 2.28. The van der Waals surface area contributed by atoms with Crippen molar-refractivity contribution < 1.29 is 14.3 Å². The average Bonchev–Trinajstić information content (AvgIpc) is 2.70. The quantitative estimate of drug-likeness (QED) is 0.349. The summed E-state index contributed by atoms with van der Waals surface area (Å²) < 4.78 is 11.0. The van der Waals surface area contributed by atoms with Gasteiger partial charge in [0.15, 0.2) is 0 Å². The van der Waals surface area contributed by atoms with E-state index in [1.54, 1.807) is 0 Å². The molecule has 0 saturated heterocycles. The fraction of sp³-hybridized carbons (Fsp3) is 0.519. The Labute approximate surface area is 191 Å². The Morgan fingerprint density at radius 1 is 1.13 bits per heavy atom. The molecular weight excluding hydrogens is 386 g/mol. The minimum atomic E-state index is -0.514. The molecule has 0 unspecified atom stereocenters. The lowest BCUT2D eigenvalue weighted by molar-refractivity contribution is 0.0523. The van der Waals surface area contributed by atoms with E-state index in [0.717, 1.165) is 22.5 Å². The van der Waals surface area contributed by atoms with Crippen LogP contribution >= 0.6 is 0 Å². The van der Waals surface area contributed by atoms with Crippen LogP contribution in [-0.4, -0.2) is 11.7 Å². The Morgan fingerprint density at radius 2 is 1.71 bits per heavy atom. The number of carbonyl (C=O) groups is 1. The molecule has 0 bridgehead atoms. The van der Waals surface area contributed by atoms with E-state index in [-0.39, 0.29) is 5.92 Å². The van der Waals surface area contributed by atoms with Crippen molar-refractivity contribution in [3.05, 3.63) is 65.6 Å². The van der Waals surface area contributed by atoms with Gasteiger partial charge in [-0.05, 0) is 51.8 Å². The van der Waals surface area contributed by atoms with Gasteiger partial charge in [0.1, 0.15) is 11.4 Å². The lowest BCUT2D eigenvalue weighted by Gasteiger charge is -2.20. The number of amides is 1. The van der Waals surface area contributed by atoms with E-state index in [2.05, 4.69) is 51.7 Å². The van der Waals surface area contributed by atoms with Crippen LogP contribution in [0.4, 0.5) is 4.79 Å². The summed E-state index contributed by atoms with van der Waals surface area (Å²) in [4.78, 5) is 11.9. The minimum absolute atomic E-state index is 0.206. The van der Waals surface area contributed by atoms with E-state index in [1.807, 2.05) is 66.7 Å². The van der Waals surface area contributed by atoms with E-state index >= 15 is 0 Å². The first-order valence-electron chi connectivity index (χ1n) is 11.3. The molecule has 1 rings (SSSR count). The summed E-state index contributed by atoms with van der Waals surface area (Å²) in [5, 5.41) is 2.80.